The Morgan fingerprint density at radius 3 is 1.47 bits per heavy atom. The van der Waals surface area contributed by atoms with Crippen molar-refractivity contribution in [2.24, 2.45) is 11.8 Å². The predicted octanol–water partition coefficient (Wildman–Crippen LogP) is 7.60. The number of hydrogen-bond acceptors (Lipinski definition) is 4. The molecule has 2 aliphatic carbocycles. The molecule has 4 aliphatic rings. The number of hydrogen-bond donors (Lipinski definition) is 0. The Morgan fingerprint density at radius 1 is 0.647 bits per heavy atom. The van der Waals surface area contributed by atoms with Gasteiger partial charge in [-0.15, -0.1) is 0 Å². The lowest BCUT2D eigenvalue weighted by molar-refractivity contribution is 0.107. The van der Waals surface area contributed by atoms with Crippen molar-refractivity contribution in [2.45, 2.75) is 88.6 Å². The zero-order valence-electron chi connectivity index (χ0n) is 20.8. The van der Waals surface area contributed by atoms with Crippen LogP contribution < -0.4 is 0 Å². The topological polar surface area (TPSA) is 6.48 Å². The van der Waals surface area contributed by atoms with Crippen LogP contribution in [0.25, 0.3) is 0 Å². The molecule has 0 N–H and O–H groups in total. The third-order valence-corrected chi connectivity index (χ3v) is 12.0. The van der Waals surface area contributed by atoms with E-state index in [0.29, 0.717) is 12.1 Å². The number of likely N-dealkylation sites (tertiary alicyclic amines) is 2. The molecule has 0 amide bonds. The van der Waals surface area contributed by atoms with Gasteiger partial charge in [0, 0.05) is 47.8 Å². The maximum Gasteiger partial charge on any atom is 0.0326 e. The summed E-state index contributed by atoms with van der Waals surface area (Å²) in [5, 5.41) is 0. The van der Waals surface area contributed by atoms with Gasteiger partial charge in [-0.1, -0.05) is 82.3 Å². The molecule has 2 aliphatic heterocycles. The summed E-state index contributed by atoms with van der Waals surface area (Å²) in [6.07, 6.45) is 8.59. The van der Waals surface area contributed by atoms with E-state index in [1.165, 1.54) is 61.2 Å². The van der Waals surface area contributed by atoms with E-state index < -0.39 is 0 Å². The van der Waals surface area contributed by atoms with Crippen LogP contribution in [-0.4, -0.2) is 45.5 Å². The molecule has 4 fully saturated rings. The molecule has 0 spiro atoms. The average Bonchev–Trinajstić information content (AvgIpc) is 3.68. The van der Waals surface area contributed by atoms with Crippen LogP contribution in [0.1, 0.15) is 75.6 Å². The summed E-state index contributed by atoms with van der Waals surface area (Å²) in [6.45, 7) is 4.89. The summed E-state index contributed by atoms with van der Waals surface area (Å²) in [7, 11) is 4.36. The molecule has 34 heavy (non-hydrogen) atoms. The lowest BCUT2D eigenvalue weighted by atomic mass is 9.97. The Hall–Kier alpha value is -0.940. The van der Waals surface area contributed by atoms with E-state index in [0.717, 1.165) is 36.0 Å². The summed E-state index contributed by atoms with van der Waals surface area (Å²) in [6, 6.07) is 26.6. The van der Waals surface area contributed by atoms with E-state index in [1.54, 1.807) is 0 Å². The second-order valence-corrected chi connectivity index (χ2v) is 13.8. The first-order chi connectivity index (χ1) is 16.7. The van der Waals surface area contributed by atoms with Crippen molar-refractivity contribution in [3.8, 4) is 0 Å². The predicted molar refractivity (Wildman–Crippen MR) is 148 cm³/mol. The molecule has 0 radical (unpaired) electrons. The molecule has 2 saturated heterocycles. The summed E-state index contributed by atoms with van der Waals surface area (Å²) < 4.78 is 0. The largest absolute Gasteiger partial charge is 0.290 e. The molecule has 4 bridgehead atoms. The Labute approximate surface area is 214 Å². The van der Waals surface area contributed by atoms with Crippen molar-refractivity contribution in [2.75, 3.05) is 11.5 Å². The summed E-state index contributed by atoms with van der Waals surface area (Å²) >= 11 is 0. The number of nitrogens with zero attached hydrogens (tertiary/aromatic N) is 2. The first kappa shape index (κ1) is 23.5. The number of benzene rings is 2. The zero-order chi connectivity index (χ0) is 23.1. The summed E-state index contributed by atoms with van der Waals surface area (Å²) in [5.41, 5.74) is 2.98. The maximum atomic E-state index is 2.90. The molecule has 8 atom stereocenters. The second kappa shape index (κ2) is 10.2. The van der Waals surface area contributed by atoms with Crippen LogP contribution in [0.2, 0.25) is 0 Å². The van der Waals surface area contributed by atoms with E-state index >= 15 is 0 Å². The Bertz CT molecular complexity index is 860. The molecule has 182 valence electrons. The molecular formula is C30H40N2S2. The fourth-order valence-corrected chi connectivity index (χ4v) is 10.7. The molecule has 0 aromatic heterocycles. The zero-order valence-corrected chi connectivity index (χ0v) is 22.4. The maximum absolute atomic E-state index is 2.90. The fourth-order valence-electron chi connectivity index (χ4n) is 7.95. The highest BCUT2D eigenvalue weighted by Crippen LogP contribution is 2.50. The number of rotatable bonds is 9. The van der Waals surface area contributed by atoms with Gasteiger partial charge < -0.3 is 0 Å². The fraction of sp³-hybridized carbons (Fsp3) is 0.600. The van der Waals surface area contributed by atoms with Gasteiger partial charge in [-0.2, -0.15) is 0 Å². The number of piperidine rings is 2. The van der Waals surface area contributed by atoms with E-state index in [1.807, 2.05) is 0 Å². The van der Waals surface area contributed by atoms with Crippen LogP contribution in [0.3, 0.4) is 0 Å². The highest BCUT2D eigenvalue weighted by Gasteiger charge is 2.49. The van der Waals surface area contributed by atoms with Gasteiger partial charge in [0.1, 0.15) is 0 Å². The first-order valence-corrected chi connectivity index (χ1v) is 16.1. The lowest BCUT2D eigenvalue weighted by Gasteiger charge is -2.40. The van der Waals surface area contributed by atoms with E-state index in [2.05, 4.69) is 106 Å². The molecule has 2 saturated carbocycles. The quantitative estimate of drug-likeness (QED) is 0.262. The molecule has 2 heterocycles. The van der Waals surface area contributed by atoms with E-state index in [9.17, 15) is 0 Å². The molecular weight excluding hydrogens is 452 g/mol. The van der Waals surface area contributed by atoms with Crippen molar-refractivity contribution in [1.29, 1.82) is 0 Å². The van der Waals surface area contributed by atoms with Crippen LogP contribution in [0.5, 0.6) is 0 Å². The van der Waals surface area contributed by atoms with Gasteiger partial charge in [-0.05, 0) is 75.3 Å². The molecule has 2 nitrogen and oxygen atoms in total. The molecule has 6 rings (SSSR count). The van der Waals surface area contributed by atoms with Gasteiger partial charge >= 0.3 is 0 Å². The van der Waals surface area contributed by atoms with Gasteiger partial charge in [0.2, 0.25) is 0 Å². The van der Waals surface area contributed by atoms with Crippen LogP contribution >= 0.6 is 21.6 Å². The smallest absolute Gasteiger partial charge is 0.0326 e. The van der Waals surface area contributed by atoms with Crippen LogP contribution in [0, 0.1) is 11.8 Å². The van der Waals surface area contributed by atoms with E-state index in [-0.39, 0.29) is 0 Å². The van der Waals surface area contributed by atoms with Crippen molar-refractivity contribution < 1.29 is 0 Å². The minimum atomic E-state index is 0.542. The van der Waals surface area contributed by atoms with Gasteiger partial charge in [0.15, 0.2) is 0 Å². The standard InChI is InChI=1S/C30H40N2S2/c1-21(23-9-5-3-6-10-23)31-27-15-13-25(17-27)29(31)19-33-34-20-30-26-14-16-28(18-26)32(30)22(2)24-11-7-4-8-12-24/h3-12,21-22,25-30H,13-20H2,1-2H3/t21-,22-,25+,26+,27-,28-,29-,30-/m0/s1. The third kappa shape index (κ3) is 4.38. The van der Waals surface area contributed by atoms with Crippen molar-refractivity contribution >= 4 is 21.6 Å². The Morgan fingerprint density at radius 2 is 1.06 bits per heavy atom. The Kier molecular flexibility index (Phi) is 7.04. The summed E-state index contributed by atoms with van der Waals surface area (Å²) in [4.78, 5) is 5.80. The Balaban J connectivity index is 1.07. The minimum absolute atomic E-state index is 0.542. The van der Waals surface area contributed by atoms with Crippen LogP contribution in [0.4, 0.5) is 0 Å². The van der Waals surface area contributed by atoms with Gasteiger partial charge in [-0.3, -0.25) is 9.80 Å². The third-order valence-electron chi connectivity index (χ3n) is 9.61. The molecule has 4 heteroatoms. The van der Waals surface area contributed by atoms with Gasteiger partial charge in [-0.25, -0.2) is 0 Å². The average molecular weight is 493 g/mol. The molecule has 2 aromatic carbocycles. The summed E-state index contributed by atoms with van der Waals surface area (Å²) in [5.74, 6) is 4.42. The van der Waals surface area contributed by atoms with Gasteiger partial charge in [0.25, 0.3) is 0 Å². The minimum Gasteiger partial charge on any atom is -0.290 e. The van der Waals surface area contributed by atoms with Crippen molar-refractivity contribution in [3.63, 3.8) is 0 Å². The highest BCUT2D eigenvalue weighted by molar-refractivity contribution is 8.76. The SMILES string of the molecule is C[C@@H](c1ccccc1)N1[C@H]2CC[C@H](C2)[C@@H]1CSSC[C@H]1[C@@H]2CC[C@@H](C2)N1[C@@H](C)c1ccccc1. The molecule has 2 aromatic rings. The van der Waals surface area contributed by atoms with Gasteiger partial charge in [0.05, 0.1) is 0 Å². The van der Waals surface area contributed by atoms with E-state index in [4.69, 9.17) is 0 Å². The van der Waals surface area contributed by atoms with Crippen LogP contribution in [0.15, 0.2) is 60.7 Å². The molecule has 0 unspecified atom stereocenters. The second-order valence-electron chi connectivity index (χ2n) is 11.2. The lowest BCUT2D eigenvalue weighted by Crippen LogP contribution is -2.44. The monoisotopic (exact) mass is 492 g/mol. The first-order valence-electron chi connectivity index (χ1n) is 13.6. The van der Waals surface area contributed by atoms with Crippen LogP contribution in [-0.2, 0) is 0 Å². The van der Waals surface area contributed by atoms with Crippen molar-refractivity contribution in [1.82, 2.24) is 9.80 Å². The normalized spacial score (nSPS) is 34.6. The number of fused-ring (bicyclic) bond motifs is 4. The highest BCUT2D eigenvalue weighted by atomic mass is 33.1. The van der Waals surface area contributed by atoms with Crippen molar-refractivity contribution in [3.05, 3.63) is 71.8 Å².